The number of nitrogens with two attached hydrogens (primary N) is 4. The summed E-state index contributed by atoms with van der Waals surface area (Å²) in [5.41, 5.74) is 27.7. The minimum Gasteiger partial charge on any atom is -0.480 e. The number of aliphatic carboxylic acids is 1. The molecule has 0 saturated heterocycles. The van der Waals surface area contributed by atoms with Crippen molar-refractivity contribution in [2.45, 2.75) is 172 Å². The third-order valence-corrected chi connectivity index (χ3v) is 14.6. The van der Waals surface area contributed by atoms with Gasteiger partial charge in [-0.25, -0.2) is 4.79 Å². The summed E-state index contributed by atoms with van der Waals surface area (Å²) in [4.78, 5) is 124. The lowest BCUT2D eigenvalue weighted by Crippen LogP contribution is -2.59. The van der Waals surface area contributed by atoms with Crippen LogP contribution in [0.5, 0.6) is 0 Å². The predicted molar refractivity (Wildman–Crippen MR) is 335 cm³/mol. The maximum atomic E-state index is 14.1. The average molecular weight is 1200 g/mol. The molecule has 0 saturated carbocycles. The Morgan fingerprint density at radius 2 is 0.690 bits per heavy atom. The lowest BCUT2D eigenvalue weighted by atomic mass is 9.99. The van der Waals surface area contributed by atoms with Crippen molar-refractivity contribution in [1.29, 1.82) is 0 Å². The largest absolute Gasteiger partial charge is 0.480 e. The zero-order chi connectivity index (χ0) is 63.7. The maximum Gasteiger partial charge on any atom is 0.326 e. The normalized spacial score (nSPS) is 14.3. The highest BCUT2D eigenvalue weighted by Crippen LogP contribution is 2.14. The fourth-order valence-corrected chi connectivity index (χ4v) is 9.78. The van der Waals surface area contributed by atoms with Crippen molar-refractivity contribution in [3.05, 3.63) is 144 Å². The molecule has 17 N–H and O–H groups in total. The number of carboxylic acid groups (broad SMARTS) is 1. The molecule has 0 bridgehead atoms. The van der Waals surface area contributed by atoms with Gasteiger partial charge in [-0.2, -0.15) is 0 Å². The smallest absolute Gasteiger partial charge is 0.326 e. The third-order valence-electron chi connectivity index (χ3n) is 14.6. The van der Waals surface area contributed by atoms with Crippen LogP contribution >= 0.6 is 0 Å². The summed E-state index contributed by atoms with van der Waals surface area (Å²) in [7, 11) is 0. The van der Waals surface area contributed by atoms with E-state index in [1.54, 1.807) is 24.3 Å². The molecule has 4 aromatic carbocycles. The van der Waals surface area contributed by atoms with Crippen molar-refractivity contribution in [2.24, 2.45) is 34.8 Å². The van der Waals surface area contributed by atoms with Crippen LogP contribution in [0.25, 0.3) is 0 Å². The average Bonchev–Trinajstić information content (AvgIpc) is 3.53. The Morgan fingerprint density at radius 3 is 1.10 bits per heavy atom. The molecule has 0 fully saturated rings. The van der Waals surface area contributed by atoms with Crippen LogP contribution in [-0.4, -0.2) is 132 Å². The van der Waals surface area contributed by atoms with Crippen molar-refractivity contribution in [3.8, 4) is 0 Å². The fourth-order valence-electron chi connectivity index (χ4n) is 9.78. The zero-order valence-electron chi connectivity index (χ0n) is 50.8. The number of unbranched alkanes of at least 4 members (excludes halogenated alkanes) is 1. The Balaban J connectivity index is 1.37. The monoisotopic (exact) mass is 1200 g/mol. The van der Waals surface area contributed by atoms with Gasteiger partial charge >= 0.3 is 5.97 Å². The van der Waals surface area contributed by atoms with Gasteiger partial charge < -0.3 is 70.6 Å². The SMILES string of the molecule is CC(C)C[C@@H](NC(=O)[C@@H](CCc1ccccc1)NC(=O)[C@H](N)Cc1ccccc1)C(=O)N[C@H](CCCN)C(=O)NCCCC[C@@H](NC(=O)[C@@H](CCCN)NC(=O)[C@@H](CC(C)C)NC(=O)[C@@H](Cc1ccccc1)NC(=O)[C@H](N)Cc1ccccc1)C(=O)O. The molecule has 0 aliphatic heterocycles. The summed E-state index contributed by atoms with van der Waals surface area (Å²) >= 11 is 0. The molecule has 0 heterocycles. The molecule has 0 radical (unpaired) electrons. The van der Waals surface area contributed by atoms with Crippen molar-refractivity contribution in [2.75, 3.05) is 19.6 Å². The number of aryl methyl sites for hydroxylation is 1. The fraction of sp³-hybridized carbons (Fsp3) is 0.492. The standard InChI is InChI=1S/C65H94N12O10/c1-42(2)37-54(76-61(82)52(33-32-44-21-9-5-10-22-44)71-57(78)48(68)39-45-23-11-6-12-24-45)62(83)72-50(30-19-34-66)59(80)70-36-18-17-29-53(65(86)87)74-60(81)51(31-20-35-67)73-63(84)55(38-43(3)4)77-64(85)56(41-47-27-15-8-16-28-47)75-58(79)49(69)40-46-25-13-7-14-26-46/h5-16,21-28,42-43,48-56H,17-20,29-41,66-69H2,1-4H3,(H,70,80)(H,71,78)(H,72,83)(H,73,84)(H,74,81)(H,75,79)(H,76,82)(H,77,85)(H,86,87)/t48-,49-,50-,51-,52-,53-,54-,55-,56-/m1/s1. The number of amides is 8. The van der Waals surface area contributed by atoms with Crippen LogP contribution in [0.3, 0.4) is 0 Å². The second-order valence-electron chi connectivity index (χ2n) is 23.0. The van der Waals surface area contributed by atoms with Crippen LogP contribution < -0.4 is 65.5 Å². The van der Waals surface area contributed by atoms with Gasteiger partial charge in [0.05, 0.1) is 12.1 Å². The van der Waals surface area contributed by atoms with Crippen LogP contribution in [0.4, 0.5) is 0 Å². The van der Waals surface area contributed by atoms with Crippen LogP contribution in [0.1, 0.15) is 114 Å². The first kappa shape index (κ1) is 71.4. The molecule has 87 heavy (non-hydrogen) atoms. The van der Waals surface area contributed by atoms with E-state index in [1.807, 2.05) is 125 Å². The number of carboxylic acids is 1. The minimum atomic E-state index is -1.39. The Labute approximate surface area is 512 Å². The summed E-state index contributed by atoms with van der Waals surface area (Å²) in [5.74, 6) is -6.49. The zero-order valence-corrected chi connectivity index (χ0v) is 50.8. The van der Waals surface area contributed by atoms with E-state index >= 15 is 0 Å². The van der Waals surface area contributed by atoms with Crippen LogP contribution in [0.2, 0.25) is 0 Å². The van der Waals surface area contributed by atoms with Gasteiger partial charge in [-0.15, -0.1) is 0 Å². The second-order valence-corrected chi connectivity index (χ2v) is 23.0. The van der Waals surface area contributed by atoms with Crippen molar-refractivity contribution in [3.63, 3.8) is 0 Å². The van der Waals surface area contributed by atoms with Gasteiger partial charge in [0.25, 0.3) is 0 Å². The highest BCUT2D eigenvalue weighted by Gasteiger charge is 2.34. The number of nitrogens with one attached hydrogen (secondary N) is 8. The van der Waals surface area contributed by atoms with Gasteiger partial charge in [0, 0.05) is 13.0 Å². The molecular formula is C65H94N12O10. The van der Waals surface area contributed by atoms with Crippen molar-refractivity contribution < 1.29 is 48.3 Å². The third kappa shape index (κ3) is 27.0. The number of carbonyl (C=O) groups excluding carboxylic acids is 8. The maximum absolute atomic E-state index is 14.1. The molecule has 9 atom stereocenters. The number of carbonyl (C=O) groups is 9. The van der Waals surface area contributed by atoms with Gasteiger partial charge in [0.15, 0.2) is 0 Å². The molecular weight excluding hydrogens is 1110 g/mol. The summed E-state index contributed by atoms with van der Waals surface area (Å²) in [6.45, 7) is 7.92. The first-order valence-electron chi connectivity index (χ1n) is 30.4. The van der Waals surface area contributed by atoms with Gasteiger partial charge in [-0.3, -0.25) is 38.4 Å². The molecule has 0 unspecified atom stereocenters. The Bertz CT molecular complexity index is 2760. The van der Waals surface area contributed by atoms with Gasteiger partial charge in [-0.1, -0.05) is 149 Å². The lowest BCUT2D eigenvalue weighted by molar-refractivity contribution is -0.142. The first-order valence-corrected chi connectivity index (χ1v) is 30.4. The molecule has 8 amide bonds. The molecule has 474 valence electrons. The second kappa shape index (κ2) is 38.9. The first-order chi connectivity index (χ1) is 41.7. The van der Waals surface area contributed by atoms with Crippen LogP contribution in [0, 0.1) is 11.8 Å². The molecule has 0 aromatic heterocycles. The highest BCUT2D eigenvalue weighted by molar-refractivity contribution is 5.96. The quantitative estimate of drug-likeness (QED) is 0.0285. The summed E-state index contributed by atoms with van der Waals surface area (Å²) in [5, 5.41) is 32.4. The van der Waals surface area contributed by atoms with Crippen LogP contribution in [0.15, 0.2) is 121 Å². The van der Waals surface area contributed by atoms with E-state index in [0.717, 1.165) is 22.3 Å². The molecule has 0 spiro atoms. The molecule has 4 rings (SSSR count). The minimum absolute atomic E-state index is 0.0471. The molecule has 4 aromatic rings. The van der Waals surface area contributed by atoms with Gasteiger partial charge in [0.1, 0.15) is 42.3 Å². The van der Waals surface area contributed by atoms with Gasteiger partial charge in [-0.05, 0) is 131 Å². The lowest BCUT2D eigenvalue weighted by Gasteiger charge is -2.27. The Hall–Kier alpha value is -8.05. The summed E-state index contributed by atoms with van der Waals surface area (Å²) < 4.78 is 0. The predicted octanol–water partition coefficient (Wildman–Crippen LogP) is 2.34. The van der Waals surface area contributed by atoms with E-state index in [4.69, 9.17) is 22.9 Å². The molecule has 22 nitrogen and oxygen atoms in total. The highest BCUT2D eigenvalue weighted by atomic mass is 16.4. The molecule has 0 aliphatic carbocycles. The summed E-state index contributed by atoms with van der Waals surface area (Å²) in [6.07, 6.45) is 2.86. The Kier molecular flexibility index (Phi) is 31.9. The number of hydrogen-bond donors (Lipinski definition) is 13. The number of benzene rings is 4. The van der Waals surface area contributed by atoms with Crippen molar-refractivity contribution >= 4 is 53.2 Å². The van der Waals surface area contributed by atoms with E-state index in [0.29, 0.717) is 12.8 Å². The number of rotatable bonds is 40. The Morgan fingerprint density at radius 1 is 0.368 bits per heavy atom. The van der Waals surface area contributed by atoms with E-state index in [-0.39, 0.29) is 109 Å². The number of hydrogen-bond acceptors (Lipinski definition) is 13. The van der Waals surface area contributed by atoms with E-state index < -0.39 is 108 Å². The van der Waals surface area contributed by atoms with E-state index in [2.05, 4.69) is 42.5 Å². The van der Waals surface area contributed by atoms with Crippen molar-refractivity contribution in [1.82, 2.24) is 42.5 Å². The van der Waals surface area contributed by atoms with Gasteiger partial charge in [0.2, 0.25) is 47.3 Å². The molecule has 22 heteroatoms. The van der Waals surface area contributed by atoms with E-state index in [9.17, 15) is 48.3 Å². The van der Waals surface area contributed by atoms with Crippen LogP contribution in [-0.2, 0) is 68.8 Å². The summed E-state index contributed by atoms with van der Waals surface area (Å²) in [6, 6.07) is 26.9. The van der Waals surface area contributed by atoms with E-state index in [1.165, 1.54) is 0 Å². The molecule has 0 aliphatic rings. The topological polar surface area (TPSA) is 374 Å².